The van der Waals surface area contributed by atoms with Gasteiger partial charge in [0, 0.05) is 5.56 Å². The van der Waals surface area contributed by atoms with Gasteiger partial charge < -0.3 is 14.9 Å². The van der Waals surface area contributed by atoms with Crippen molar-refractivity contribution in [1.29, 1.82) is 0 Å². The minimum Gasteiger partial charge on any atom is -0.496 e. The number of nitrogens with two attached hydrogens (primary N) is 1. The van der Waals surface area contributed by atoms with E-state index in [1.165, 1.54) is 0 Å². The molecule has 1 aromatic carbocycles. The number of nitrogens with zero attached hydrogens (tertiary/aromatic N) is 1. The Morgan fingerprint density at radius 1 is 1.29 bits per heavy atom. The number of rotatable bonds is 3. The lowest BCUT2D eigenvalue weighted by Crippen LogP contribution is -1.96. The average Bonchev–Trinajstić information content (AvgIpc) is 2.80. The molecule has 0 aliphatic heterocycles. The van der Waals surface area contributed by atoms with Gasteiger partial charge in [-0.15, -0.1) is 0 Å². The number of hydrogen-bond donors (Lipinski definition) is 1. The van der Waals surface area contributed by atoms with Crippen LogP contribution in [0.2, 0.25) is 0 Å². The quantitative estimate of drug-likeness (QED) is 0.882. The number of methoxy groups -OCH3 is 1. The molecule has 0 fully saturated rings. The van der Waals surface area contributed by atoms with E-state index < -0.39 is 0 Å². The molecule has 0 atom stereocenters. The lowest BCUT2D eigenvalue weighted by atomic mass is 10.0. The molecule has 2 rings (SSSR count). The van der Waals surface area contributed by atoms with Gasteiger partial charge in [-0.1, -0.05) is 0 Å². The smallest absolute Gasteiger partial charge is 0.208 e. The highest BCUT2D eigenvalue weighted by Gasteiger charge is 2.10. The van der Waals surface area contributed by atoms with Gasteiger partial charge in [0.2, 0.25) is 5.89 Å². The van der Waals surface area contributed by atoms with E-state index in [4.69, 9.17) is 14.9 Å². The van der Waals surface area contributed by atoms with Gasteiger partial charge in [0.15, 0.2) is 0 Å². The molecule has 2 N–H and O–H groups in total. The molecule has 2 aromatic rings. The fraction of sp³-hybridized carbons (Fsp3) is 0.308. The molecule has 0 saturated heterocycles. The van der Waals surface area contributed by atoms with Crippen LogP contribution >= 0.6 is 0 Å². The van der Waals surface area contributed by atoms with Gasteiger partial charge in [-0.05, 0) is 37.1 Å². The van der Waals surface area contributed by atoms with Crippen molar-refractivity contribution in [3.8, 4) is 17.0 Å². The zero-order chi connectivity index (χ0) is 12.4. The molecule has 0 unspecified atom stereocenters. The monoisotopic (exact) mass is 232 g/mol. The highest BCUT2D eigenvalue weighted by Crippen LogP contribution is 2.29. The van der Waals surface area contributed by atoms with Crippen LogP contribution in [0.1, 0.15) is 17.0 Å². The lowest BCUT2D eigenvalue weighted by Gasteiger charge is -2.09. The van der Waals surface area contributed by atoms with E-state index in [0.29, 0.717) is 12.4 Å². The van der Waals surface area contributed by atoms with Gasteiger partial charge in [0.25, 0.3) is 0 Å². The van der Waals surface area contributed by atoms with Crippen LogP contribution in [0.25, 0.3) is 11.3 Å². The summed E-state index contributed by atoms with van der Waals surface area (Å²) in [4.78, 5) is 4.32. The topological polar surface area (TPSA) is 61.3 Å². The van der Waals surface area contributed by atoms with Gasteiger partial charge in [0.1, 0.15) is 17.7 Å². The van der Waals surface area contributed by atoms with Crippen LogP contribution in [0.3, 0.4) is 0 Å². The standard InChI is InChI=1S/C13H16N2O2/c1-8-5-12(16-3)9(2)4-10(8)11-7-17-13(6-14)15-11/h4-5,7H,6,14H2,1-3H3. The van der Waals surface area contributed by atoms with Crippen LogP contribution in [-0.2, 0) is 6.54 Å². The molecule has 0 amide bonds. The third kappa shape index (κ3) is 2.17. The minimum absolute atomic E-state index is 0.314. The van der Waals surface area contributed by atoms with Crippen LogP contribution < -0.4 is 10.5 Å². The summed E-state index contributed by atoms with van der Waals surface area (Å²) in [6.45, 7) is 4.34. The molecule has 1 aromatic heterocycles. The molecule has 0 aliphatic carbocycles. The zero-order valence-electron chi connectivity index (χ0n) is 10.3. The number of aromatic nitrogens is 1. The van der Waals surface area contributed by atoms with E-state index in [9.17, 15) is 0 Å². The highest BCUT2D eigenvalue weighted by molar-refractivity contribution is 5.65. The maximum atomic E-state index is 5.48. The van der Waals surface area contributed by atoms with E-state index >= 15 is 0 Å². The summed E-state index contributed by atoms with van der Waals surface area (Å²) >= 11 is 0. The number of aryl methyl sites for hydroxylation is 2. The van der Waals surface area contributed by atoms with Gasteiger partial charge in [0.05, 0.1) is 13.7 Å². The molecular formula is C13H16N2O2. The van der Waals surface area contributed by atoms with Crippen molar-refractivity contribution in [2.45, 2.75) is 20.4 Å². The zero-order valence-corrected chi connectivity index (χ0v) is 10.3. The Kier molecular flexibility index (Phi) is 3.15. The van der Waals surface area contributed by atoms with E-state index in [0.717, 1.165) is 28.1 Å². The Balaban J connectivity index is 2.48. The van der Waals surface area contributed by atoms with E-state index in [-0.39, 0.29) is 0 Å². The van der Waals surface area contributed by atoms with Gasteiger partial charge in [-0.2, -0.15) is 0 Å². The molecule has 0 radical (unpaired) electrons. The summed E-state index contributed by atoms with van der Waals surface area (Å²) in [6.07, 6.45) is 1.64. The molecule has 0 saturated carbocycles. The summed E-state index contributed by atoms with van der Waals surface area (Å²) in [6, 6.07) is 4.05. The molecule has 4 heteroatoms. The second-order valence-electron chi connectivity index (χ2n) is 3.97. The Morgan fingerprint density at radius 2 is 2.06 bits per heavy atom. The van der Waals surface area contributed by atoms with E-state index in [1.807, 2.05) is 26.0 Å². The van der Waals surface area contributed by atoms with E-state index in [1.54, 1.807) is 13.4 Å². The normalized spacial score (nSPS) is 10.6. The number of oxazole rings is 1. The average molecular weight is 232 g/mol. The Hall–Kier alpha value is -1.81. The van der Waals surface area contributed by atoms with Crippen LogP contribution in [0.15, 0.2) is 22.8 Å². The van der Waals surface area contributed by atoms with E-state index in [2.05, 4.69) is 4.98 Å². The summed E-state index contributed by atoms with van der Waals surface area (Å²) in [5, 5.41) is 0. The lowest BCUT2D eigenvalue weighted by molar-refractivity contribution is 0.411. The summed E-state index contributed by atoms with van der Waals surface area (Å²) in [7, 11) is 1.67. The van der Waals surface area contributed by atoms with Crippen molar-refractivity contribution in [2.75, 3.05) is 7.11 Å². The molecule has 17 heavy (non-hydrogen) atoms. The fourth-order valence-corrected chi connectivity index (χ4v) is 1.81. The first-order chi connectivity index (χ1) is 8.15. The number of benzene rings is 1. The second-order valence-corrected chi connectivity index (χ2v) is 3.97. The minimum atomic E-state index is 0.314. The third-order valence-corrected chi connectivity index (χ3v) is 2.74. The maximum absolute atomic E-state index is 5.48. The molecule has 0 aliphatic rings. The van der Waals surface area contributed by atoms with Crippen molar-refractivity contribution < 1.29 is 9.15 Å². The molecule has 4 nitrogen and oxygen atoms in total. The van der Waals surface area contributed by atoms with Gasteiger partial charge in [-0.3, -0.25) is 0 Å². The third-order valence-electron chi connectivity index (χ3n) is 2.74. The first-order valence-corrected chi connectivity index (χ1v) is 5.45. The number of hydrogen-bond acceptors (Lipinski definition) is 4. The van der Waals surface area contributed by atoms with Crippen molar-refractivity contribution in [1.82, 2.24) is 4.98 Å². The van der Waals surface area contributed by atoms with Crippen LogP contribution in [0.4, 0.5) is 0 Å². The SMILES string of the molecule is COc1cc(C)c(-c2coc(CN)n2)cc1C. The molecular weight excluding hydrogens is 216 g/mol. The molecule has 0 spiro atoms. The predicted octanol–water partition coefficient (Wildman–Crippen LogP) is 2.43. The van der Waals surface area contributed by atoms with Gasteiger partial charge >= 0.3 is 0 Å². The summed E-state index contributed by atoms with van der Waals surface area (Å²) < 4.78 is 10.5. The second kappa shape index (κ2) is 4.59. The summed E-state index contributed by atoms with van der Waals surface area (Å²) in [5.74, 6) is 1.43. The predicted molar refractivity (Wildman–Crippen MR) is 65.9 cm³/mol. The van der Waals surface area contributed by atoms with Crippen molar-refractivity contribution in [2.24, 2.45) is 5.73 Å². The van der Waals surface area contributed by atoms with Crippen molar-refractivity contribution >= 4 is 0 Å². The van der Waals surface area contributed by atoms with Gasteiger partial charge in [-0.25, -0.2) is 4.98 Å². The molecule has 90 valence electrons. The molecule has 0 bridgehead atoms. The number of ether oxygens (including phenoxy) is 1. The van der Waals surface area contributed by atoms with Crippen molar-refractivity contribution in [3.05, 3.63) is 35.4 Å². The van der Waals surface area contributed by atoms with Crippen LogP contribution in [0, 0.1) is 13.8 Å². The first kappa shape index (κ1) is 11.7. The van der Waals surface area contributed by atoms with Crippen molar-refractivity contribution in [3.63, 3.8) is 0 Å². The Labute approximate surface area is 100 Å². The molecule has 1 heterocycles. The Morgan fingerprint density at radius 3 is 2.65 bits per heavy atom. The van der Waals surface area contributed by atoms with Crippen LogP contribution in [-0.4, -0.2) is 12.1 Å². The first-order valence-electron chi connectivity index (χ1n) is 5.45. The highest BCUT2D eigenvalue weighted by atomic mass is 16.5. The maximum Gasteiger partial charge on any atom is 0.208 e. The summed E-state index contributed by atoms with van der Waals surface area (Å²) in [5.41, 5.74) is 9.52. The fourth-order valence-electron chi connectivity index (χ4n) is 1.81. The largest absolute Gasteiger partial charge is 0.496 e. The Bertz CT molecular complexity index is 532. The van der Waals surface area contributed by atoms with Crippen LogP contribution in [0.5, 0.6) is 5.75 Å².